The maximum Gasteiger partial charge on any atom is 0.374 e. The molecular weight excluding hydrogens is 1160 g/mol. The third-order valence-corrected chi connectivity index (χ3v) is 20.8. The molecular formula is C58H76Br2O12Si4. The molecule has 3 aromatic heterocycles. The van der Waals surface area contributed by atoms with Crippen LogP contribution in [0.4, 0.5) is 0 Å². The molecule has 0 saturated carbocycles. The fraction of sp³-hybridized carbons (Fsp3) is 0.328. The van der Waals surface area contributed by atoms with Crippen molar-refractivity contribution in [2.75, 3.05) is 14.2 Å². The molecule has 0 aliphatic heterocycles. The maximum atomic E-state index is 11.4. The Hall–Kier alpha value is -5.64. The molecule has 0 aliphatic carbocycles. The first-order valence-electron chi connectivity index (χ1n) is 24.6. The van der Waals surface area contributed by atoms with Gasteiger partial charge in [-0.05, 0) is 127 Å². The fourth-order valence-corrected chi connectivity index (χ4v) is 15.4. The number of phenols is 2. The molecule has 7 rings (SSSR count). The predicted molar refractivity (Wildman–Crippen MR) is 324 cm³/mol. The second-order valence-corrected chi connectivity index (χ2v) is 44.1. The number of methoxy groups -OCH3 is 2. The molecule has 0 bridgehead atoms. The number of phenolic OH excluding ortho intramolecular Hbond substituents is 2. The van der Waals surface area contributed by atoms with Crippen molar-refractivity contribution in [1.82, 2.24) is 0 Å². The average Bonchev–Trinajstić information content (AvgIpc) is 4.11. The van der Waals surface area contributed by atoms with Crippen molar-refractivity contribution in [3.8, 4) is 34.9 Å². The van der Waals surface area contributed by atoms with E-state index in [-0.39, 0.29) is 23.3 Å². The van der Waals surface area contributed by atoms with Crippen molar-refractivity contribution in [3.05, 3.63) is 152 Å². The normalized spacial score (nSPS) is 11.2. The Morgan fingerprint density at radius 3 is 1.26 bits per heavy atom. The number of aromatic hydroxyl groups is 2. The van der Waals surface area contributed by atoms with Crippen LogP contribution in [0.3, 0.4) is 0 Å². The van der Waals surface area contributed by atoms with Gasteiger partial charge in [0.25, 0.3) is 11.9 Å². The summed E-state index contributed by atoms with van der Waals surface area (Å²) in [6.07, 6.45) is 0. The standard InChI is InChI=1S/C19H28O3Si2.C16H20O4Si.C10H16OSi.C7H7BrO.C6H5BrO3/c1-13-11-17(23(3,4)5)18(24(6,7)8)12-16(13)22-19-10-9-15(21-19)14(2)20;1-11-10-12(21(3,4)5)6-7-13(11)19-15-9-8-14(20-15)16(17)18-2;1-8-7-9(12(2,3)4)5-6-10(8)11;1-5-4-6(8)2-3-7(5)9;1-9-6(8)4-2-3-5(7)10-4/h9-12H,1-8H3;6-10H,1-5H3;5-7,11H,1-4H3;2-4,9H,1H3;2-3H,1H3. The van der Waals surface area contributed by atoms with Crippen molar-refractivity contribution in [1.29, 1.82) is 0 Å². The molecule has 76 heavy (non-hydrogen) atoms. The summed E-state index contributed by atoms with van der Waals surface area (Å²) in [5.74, 6) is 2.51. The van der Waals surface area contributed by atoms with Gasteiger partial charge in [0.05, 0.1) is 46.5 Å². The van der Waals surface area contributed by atoms with Crippen molar-refractivity contribution in [2.24, 2.45) is 0 Å². The quantitative estimate of drug-likeness (QED) is 0.0716. The highest BCUT2D eigenvalue weighted by atomic mass is 79.9. The summed E-state index contributed by atoms with van der Waals surface area (Å²) in [5.41, 5.74) is 4.03. The van der Waals surface area contributed by atoms with Gasteiger partial charge in [-0.2, -0.15) is 0 Å². The molecule has 0 atom stereocenters. The van der Waals surface area contributed by atoms with E-state index in [1.54, 1.807) is 36.4 Å². The first kappa shape index (κ1) is 64.6. The van der Waals surface area contributed by atoms with Gasteiger partial charge in [0, 0.05) is 23.5 Å². The zero-order valence-corrected chi connectivity index (χ0v) is 54.7. The molecule has 0 amide bonds. The van der Waals surface area contributed by atoms with E-state index < -0.39 is 44.2 Å². The number of halogens is 2. The summed E-state index contributed by atoms with van der Waals surface area (Å²) >= 11 is 6.34. The van der Waals surface area contributed by atoms with Crippen LogP contribution in [0.15, 0.2) is 126 Å². The Kier molecular flexibility index (Phi) is 23.5. The van der Waals surface area contributed by atoms with Crippen LogP contribution in [0.1, 0.15) is 60.8 Å². The maximum absolute atomic E-state index is 11.4. The number of Topliss-reactive ketones (excluding diaryl/α,β-unsaturated/α-hetero) is 1. The van der Waals surface area contributed by atoms with Crippen LogP contribution in [0, 0.1) is 27.7 Å². The third-order valence-electron chi connectivity index (χ3n) is 11.5. The first-order valence-corrected chi connectivity index (χ1v) is 40.1. The molecule has 7 aromatic rings. The van der Waals surface area contributed by atoms with Gasteiger partial charge in [0.1, 0.15) is 23.0 Å². The van der Waals surface area contributed by atoms with Crippen LogP contribution in [-0.2, 0) is 9.47 Å². The van der Waals surface area contributed by atoms with E-state index in [1.807, 2.05) is 45.0 Å². The second kappa shape index (κ2) is 27.6. The summed E-state index contributed by atoms with van der Waals surface area (Å²) in [7, 11) is -2.86. The lowest BCUT2D eigenvalue weighted by atomic mass is 10.2. The Morgan fingerprint density at radius 1 is 0.447 bits per heavy atom. The number of benzene rings is 4. The number of esters is 2. The Labute approximate surface area is 470 Å². The molecule has 3 heterocycles. The molecule has 2 N–H and O–H groups in total. The van der Waals surface area contributed by atoms with Gasteiger partial charge in [-0.1, -0.05) is 146 Å². The van der Waals surface area contributed by atoms with E-state index in [0.29, 0.717) is 27.9 Å². The topological polar surface area (TPSA) is 168 Å². The Balaban J connectivity index is 0.000000264. The number of hydrogen-bond acceptors (Lipinski definition) is 12. The van der Waals surface area contributed by atoms with E-state index in [0.717, 1.165) is 38.2 Å². The summed E-state index contributed by atoms with van der Waals surface area (Å²) in [4.78, 5) is 33.4. The molecule has 12 nitrogen and oxygen atoms in total. The first-order chi connectivity index (χ1) is 35.0. The minimum Gasteiger partial charge on any atom is -0.508 e. The number of aryl methyl sites for hydroxylation is 4. The molecule has 0 saturated heterocycles. The molecule has 4 aromatic carbocycles. The molecule has 410 valence electrons. The summed E-state index contributed by atoms with van der Waals surface area (Å²) in [6, 6.07) is 31.6. The third kappa shape index (κ3) is 20.1. The molecule has 0 fully saturated rings. The number of furan rings is 3. The van der Waals surface area contributed by atoms with Crippen molar-refractivity contribution in [3.63, 3.8) is 0 Å². The van der Waals surface area contributed by atoms with Gasteiger partial charge in [-0.25, -0.2) is 9.59 Å². The van der Waals surface area contributed by atoms with Gasteiger partial charge < -0.3 is 42.4 Å². The van der Waals surface area contributed by atoms with Crippen LogP contribution in [-0.4, -0.2) is 74.4 Å². The number of carbonyl (C=O) groups is 3. The zero-order valence-electron chi connectivity index (χ0n) is 47.5. The molecule has 0 aliphatic rings. The number of hydrogen-bond donors (Lipinski definition) is 2. The fourth-order valence-electron chi connectivity index (χ4n) is 6.90. The van der Waals surface area contributed by atoms with E-state index in [9.17, 15) is 19.5 Å². The van der Waals surface area contributed by atoms with E-state index in [1.165, 1.54) is 54.0 Å². The van der Waals surface area contributed by atoms with E-state index in [4.69, 9.17) is 27.8 Å². The van der Waals surface area contributed by atoms with Crippen molar-refractivity contribution in [2.45, 2.75) is 113 Å². The van der Waals surface area contributed by atoms with E-state index in [2.05, 4.69) is 157 Å². The van der Waals surface area contributed by atoms with E-state index >= 15 is 0 Å². The SMILES string of the molecule is CC(=O)c1ccc(Oc2cc([Si](C)(C)C)c([Si](C)(C)C)cc2C)o1.COC(=O)c1ccc(Br)o1.COC(=O)c1ccc(Oc2ccc([Si](C)(C)C)cc2C)o1.Cc1cc(Br)ccc1O.Cc1cc([Si](C)(C)C)ccc1O. The van der Waals surface area contributed by atoms with Crippen LogP contribution in [0.2, 0.25) is 78.6 Å². The highest BCUT2D eigenvalue weighted by Crippen LogP contribution is 2.29. The van der Waals surface area contributed by atoms with Crippen molar-refractivity contribution < 1.29 is 56.8 Å². The number of carbonyl (C=O) groups excluding carboxylic acids is 3. The lowest BCUT2D eigenvalue weighted by Gasteiger charge is -2.29. The predicted octanol–water partition coefficient (Wildman–Crippen LogP) is 14.9. The van der Waals surface area contributed by atoms with Gasteiger partial charge in [0.2, 0.25) is 11.5 Å². The molecule has 0 spiro atoms. The summed E-state index contributed by atoms with van der Waals surface area (Å²) in [6.45, 7) is 37.4. The smallest absolute Gasteiger partial charge is 0.374 e. The minimum absolute atomic E-state index is 0.0987. The van der Waals surface area contributed by atoms with Crippen LogP contribution >= 0.6 is 31.9 Å². The van der Waals surface area contributed by atoms with Crippen LogP contribution in [0.25, 0.3) is 0 Å². The van der Waals surface area contributed by atoms with Crippen molar-refractivity contribution >= 4 is 103 Å². The number of ether oxygens (including phenoxy) is 4. The van der Waals surface area contributed by atoms with Gasteiger partial charge in [-0.3, -0.25) is 4.79 Å². The lowest BCUT2D eigenvalue weighted by Crippen LogP contribution is -2.56. The number of rotatable bonds is 11. The molecule has 0 unspecified atom stereocenters. The lowest BCUT2D eigenvalue weighted by molar-refractivity contribution is 0.0554. The molecule has 18 heteroatoms. The second-order valence-electron chi connectivity index (χ2n) is 22.2. The van der Waals surface area contributed by atoms with Crippen LogP contribution in [0.5, 0.6) is 34.9 Å². The molecule has 0 radical (unpaired) electrons. The summed E-state index contributed by atoms with van der Waals surface area (Å²) < 4.78 is 37.8. The largest absolute Gasteiger partial charge is 0.508 e. The minimum atomic E-state index is -1.50. The summed E-state index contributed by atoms with van der Waals surface area (Å²) in [5, 5.41) is 24.1. The Bertz CT molecular complexity index is 3070. The highest BCUT2D eigenvalue weighted by molar-refractivity contribution is 9.10. The van der Waals surface area contributed by atoms with Gasteiger partial charge in [0.15, 0.2) is 16.2 Å². The number of ketones is 1. The highest BCUT2D eigenvalue weighted by Gasteiger charge is 2.29. The Morgan fingerprint density at radius 2 is 0.855 bits per heavy atom. The van der Waals surface area contributed by atoms with Crippen LogP contribution < -0.4 is 30.2 Å². The zero-order chi connectivity index (χ0) is 57.7. The average molecular weight is 1240 g/mol. The monoisotopic (exact) mass is 1230 g/mol. The van der Waals surface area contributed by atoms with Gasteiger partial charge >= 0.3 is 11.9 Å². The van der Waals surface area contributed by atoms with Gasteiger partial charge in [-0.15, -0.1) is 0 Å².